The predicted molar refractivity (Wildman–Crippen MR) is 67.6 cm³/mol. The second kappa shape index (κ2) is 4.95. The van der Waals surface area contributed by atoms with Gasteiger partial charge in [-0.2, -0.15) is 4.98 Å². The van der Waals surface area contributed by atoms with Crippen molar-refractivity contribution in [2.24, 2.45) is 0 Å². The van der Waals surface area contributed by atoms with E-state index < -0.39 is 0 Å². The summed E-state index contributed by atoms with van der Waals surface area (Å²) in [5.74, 6) is 0.855. The van der Waals surface area contributed by atoms with Crippen molar-refractivity contribution < 1.29 is 4.74 Å². The lowest BCUT2D eigenvalue weighted by Gasteiger charge is -2.18. The summed E-state index contributed by atoms with van der Waals surface area (Å²) in [5.41, 5.74) is 0. The zero-order valence-electron chi connectivity index (χ0n) is 9.11. The molecule has 0 fully saturated rings. The normalized spacial score (nSPS) is 10.9. The molecule has 0 bridgehead atoms. The molecule has 2 aromatic heterocycles. The van der Waals surface area contributed by atoms with Gasteiger partial charge in [-0.1, -0.05) is 0 Å². The molecule has 0 aromatic carbocycles. The predicted octanol–water partition coefficient (Wildman–Crippen LogP) is 2.43. The molecule has 6 heteroatoms. The Bertz CT molecular complexity index is 488. The zero-order valence-corrected chi connectivity index (χ0v) is 10.7. The van der Waals surface area contributed by atoms with Crippen molar-refractivity contribution in [2.75, 3.05) is 32.2 Å². The summed E-state index contributed by atoms with van der Waals surface area (Å²) < 4.78 is 5.04. The van der Waals surface area contributed by atoms with Crippen molar-refractivity contribution in [1.82, 2.24) is 9.97 Å². The topological polar surface area (TPSA) is 38.2 Å². The SMILES string of the molecule is COCCN(C)c1nc(Cl)nc2sccc12. The molecule has 0 radical (unpaired) electrons. The first-order chi connectivity index (χ1) is 7.72. The number of thiophene rings is 1. The van der Waals surface area contributed by atoms with Crippen LogP contribution >= 0.6 is 22.9 Å². The molecule has 0 saturated carbocycles. The summed E-state index contributed by atoms with van der Waals surface area (Å²) in [6.07, 6.45) is 0. The second-order valence-corrected chi connectivity index (χ2v) is 4.60. The van der Waals surface area contributed by atoms with Crippen LogP contribution in [0.4, 0.5) is 5.82 Å². The molecular formula is C10H12ClN3OS. The van der Waals surface area contributed by atoms with Crippen molar-refractivity contribution in [2.45, 2.75) is 0 Å². The number of nitrogens with zero attached hydrogens (tertiary/aromatic N) is 3. The largest absolute Gasteiger partial charge is 0.383 e. The molecule has 2 heterocycles. The smallest absolute Gasteiger partial charge is 0.225 e. The maximum atomic E-state index is 5.89. The summed E-state index contributed by atoms with van der Waals surface area (Å²) >= 11 is 7.45. The van der Waals surface area contributed by atoms with Gasteiger partial charge in [0.05, 0.1) is 12.0 Å². The number of aromatic nitrogens is 2. The summed E-state index contributed by atoms with van der Waals surface area (Å²) in [6.45, 7) is 1.43. The van der Waals surface area contributed by atoms with E-state index in [1.54, 1.807) is 18.4 Å². The van der Waals surface area contributed by atoms with E-state index in [1.807, 2.05) is 23.4 Å². The number of anilines is 1. The lowest BCUT2D eigenvalue weighted by molar-refractivity contribution is 0.206. The van der Waals surface area contributed by atoms with Gasteiger partial charge in [-0.15, -0.1) is 11.3 Å². The van der Waals surface area contributed by atoms with Gasteiger partial charge in [0.1, 0.15) is 10.6 Å². The van der Waals surface area contributed by atoms with Gasteiger partial charge in [0.2, 0.25) is 5.28 Å². The monoisotopic (exact) mass is 257 g/mol. The van der Waals surface area contributed by atoms with E-state index in [9.17, 15) is 0 Å². The quantitative estimate of drug-likeness (QED) is 0.789. The fraction of sp³-hybridized carbons (Fsp3) is 0.400. The van der Waals surface area contributed by atoms with E-state index in [2.05, 4.69) is 9.97 Å². The highest BCUT2D eigenvalue weighted by Gasteiger charge is 2.11. The van der Waals surface area contributed by atoms with Crippen LogP contribution in [-0.2, 0) is 4.74 Å². The molecule has 0 saturated heterocycles. The Kier molecular flexibility index (Phi) is 3.58. The molecule has 16 heavy (non-hydrogen) atoms. The van der Waals surface area contributed by atoms with Gasteiger partial charge < -0.3 is 9.64 Å². The highest BCUT2D eigenvalue weighted by molar-refractivity contribution is 7.16. The average molecular weight is 258 g/mol. The molecule has 2 aromatic rings. The van der Waals surface area contributed by atoms with Crippen molar-refractivity contribution >= 4 is 39.0 Å². The van der Waals surface area contributed by atoms with Crippen LogP contribution in [0.3, 0.4) is 0 Å². The number of fused-ring (bicyclic) bond motifs is 1. The van der Waals surface area contributed by atoms with Crippen LogP contribution < -0.4 is 4.90 Å². The molecule has 86 valence electrons. The van der Waals surface area contributed by atoms with E-state index in [1.165, 1.54) is 0 Å². The molecule has 0 atom stereocenters. The van der Waals surface area contributed by atoms with Crippen LogP contribution in [0.15, 0.2) is 11.4 Å². The number of methoxy groups -OCH3 is 1. The Morgan fingerprint density at radius 1 is 1.50 bits per heavy atom. The molecule has 4 nitrogen and oxygen atoms in total. The highest BCUT2D eigenvalue weighted by atomic mass is 35.5. The summed E-state index contributed by atoms with van der Waals surface area (Å²) in [4.78, 5) is 11.4. The zero-order chi connectivity index (χ0) is 11.5. The van der Waals surface area contributed by atoms with E-state index >= 15 is 0 Å². The number of halogens is 1. The van der Waals surface area contributed by atoms with Crippen molar-refractivity contribution in [3.8, 4) is 0 Å². The average Bonchev–Trinajstić information content (AvgIpc) is 2.72. The van der Waals surface area contributed by atoms with E-state index in [4.69, 9.17) is 16.3 Å². The molecule has 0 N–H and O–H groups in total. The fourth-order valence-corrected chi connectivity index (χ4v) is 2.41. The maximum absolute atomic E-state index is 5.89. The van der Waals surface area contributed by atoms with Crippen LogP contribution in [0.25, 0.3) is 10.2 Å². The summed E-state index contributed by atoms with van der Waals surface area (Å²) in [5, 5.41) is 3.31. The molecule has 0 aliphatic heterocycles. The third-order valence-corrected chi connectivity index (χ3v) is 3.25. The van der Waals surface area contributed by atoms with Crippen LogP contribution in [0.1, 0.15) is 0 Å². The molecule has 0 aliphatic carbocycles. The highest BCUT2D eigenvalue weighted by Crippen LogP contribution is 2.28. The van der Waals surface area contributed by atoms with Gasteiger partial charge in [-0.05, 0) is 23.0 Å². The Labute approximate surface area is 103 Å². The van der Waals surface area contributed by atoms with E-state index in [0.717, 1.165) is 22.6 Å². The molecule has 0 aliphatic rings. The standard InChI is InChI=1S/C10H12ClN3OS/c1-14(4-5-15-2)8-7-3-6-16-9(7)13-10(11)12-8/h3,6H,4-5H2,1-2H3. The minimum atomic E-state index is 0.286. The summed E-state index contributed by atoms with van der Waals surface area (Å²) in [6, 6.07) is 2.01. The summed E-state index contributed by atoms with van der Waals surface area (Å²) in [7, 11) is 3.65. The Hall–Kier alpha value is -0.910. The lowest BCUT2D eigenvalue weighted by Crippen LogP contribution is -2.23. The Morgan fingerprint density at radius 3 is 3.06 bits per heavy atom. The van der Waals surface area contributed by atoms with Crippen molar-refractivity contribution in [1.29, 1.82) is 0 Å². The first-order valence-electron chi connectivity index (χ1n) is 4.83. The number of rotatable bonds is 4. The number of hydrogen-bond acceptors (Lipinski definition) is 5. The van der Waals surface area contributed by atoms with E-state index in [0.29, 0.717) is 6.61 Å². The molecular weight excluding hydrogens is 246 g/mol. The van der Waals surface area contributed by atoms with Gasteiger partial charge in [0.15, 0.2) is 0 Å². The first-order valence-corrected chi connectivity index (χ1v) is 6.09. The third kappa shape index (κ3) is 2.26. The fourth-order valence-electron chi connectivity index (χ4n) is 1.44. The van der Waals surface area contributed by atoms with Gasteiger partial charge in [-0.25, -0.2) is 4.98 Å². The van der Waals surface area contributed by atoms with Crippen molar-refractivity contribution in [3.63, 3.8) is 0 Å². The maximum Gasteiger partial charge on any atom is 0.225 e. The molecule has 0 unspecified atom stereocenters. The van der Waals surface area contributed by atoms with Crippen LogP contribution in [0, 0.1) is 0 Å². The number of ether oxygens (including phenoxy) is 1. The molecule has 0 spiro atoms. The third-order valence-electron chi connectivity index (χ3n) is 2.27. The molecule has 2 rings (SSSR count). The van der Waals surface area contributed by atoms with Crippen LogP contribution in [0.5, 0.6) is 0 Å². The second-order valence-electron chi connectivity index (χ2n) is 3.37. The molecule has 0 amide bonds. The number of hydrogen-bond donors (Lipinski definition) is 0. The lowest BCUT2D eigenvalue weighted by atomic mass is 10.3. The van der Waals surface area contributed by atoms with Gasteiger partial charge in [0.25, 0.3) is 0 Å². The Morgan fingerprint density at radius 2 is 2.31 bits per heavy atom. The van der Waals surface area contributed by atoms with Crippen LogP contribution in [0.2, 0.25) is 5.28 Å². The van der Waals surface area contributed by atoms with Crippen molar-refractivity contribution in [3.05, 3.63) is 16.7 Å². The van der Waals surface area contributed by atoms with Gasteiger partial charge >= 0.3 is 0 Å². The van der Waals surface area contributed by atoms with Gasteiger partial charge in [0, 0.05) is 20.7 Å². The minimum absolute atomic E-state index is 0.286. The van der Waals surface area contributed by atoms with E-state index in [-0.39, 0.29) is 5.28 Å². The minimum Gasteiger partial charge on any atom is -0.383 e. The Balaban J connectivity index is 2.38. The number of likely N-dealkylation sites (N-methyl/N-ethyl adjacent to an activating group) is 1. The van der Waals surface area contributed by atoms with Gasteiger partial charge in [-0.3, -0.25) is 0 Å². The van der Waals surface area contributed by atoms with Crippen LogP contribution in [-0.4, -0.2) is 37.3 Å². The first kappa shape index (κ1) is 11.6.